The first kappa shape index (κ1) is 22.9. The molecule has 5 heteroatoms. The molecule has 0 radical (unpaired) electrons. The van der Waals surface area contributed by atoms with E-state index >= 15 is 0 Å². The maximum absolute atomic E-state index is 9.76. The summed E-state index contributed by atoms with van der Waals surface area (Å²) in [6.45, 7) is 0. The van der Waals surface area contributed by atoms with E-state index in [1.807, 2.05) is 12.1 Å². The molecule has 1 aromatic heterocycles. The Morgan fingerprint density at radius 2 is 1.39 bits per heavy atom. The number of allylic oxidation sites excluding steroid dienone is 2. The van der Waals surface area contributed by atoms with Gasteiger partial charge in [0.05, 0.1) is 22.8 Å². The molecule has 2 aliphatic heterocycles. The van der Waals surface area contributed by atoms with Crippen molar-refractivity contribution in [2.75, 3.05) is 4.90 Å². The highest BCUT2D eigenvalue weighted by Crippen LogP contribution is 2.58. The summed E-state index contributed by atoms with van der Waals surface area (Å²) in [6, 6.07) is 38.5. The first-order chi connectivity index (χ1) is 20.2. The molecular weight excluding hydrogens is 503 g/mol. The van der Waals surface area contributed by atoms with Crippen molar-refractivity contribution in [3.05, 3.63) is 139 Å². The number of nitrogens with zero attached hydrogens (tertiary/aromatic N) is 2. The van der Waals surface area contributed by atoms with Gasteiger partial charge in [-0.3, -0.25) is 0 Å². The summed E-state index contributed by atoms with van der Waals surface area (Å²) in [5.41, 5.74) is 12.7. The van der Waals surface area contributed by atoms with Crippen molar-refractivity contribution in [1.29, 1.82) is 0 Å². The lowest BCUT2D eigenvalue weighted by atomic mass is 9.80. The second-order valence-corrected chi connectivity index (χ2v) is 11.1. The Hall–Kier alpha value is -4.84. The number of benzene rings is 5. The Bertz CT molecular complexity index is 2100. The van der Waals surface area contributed by atoms with Crippen molar-refractivity contribution in [2.24, 2.45) is 0 Å². The number of fused-ring (bicyclic) bond motifs is 12. The lowest BCUT2D eigenvalue weighted by Gasteiger charge is -2.32. The lowest BCUT2D eigenvalue weighted by Crippen LogP contribution is -2.31. The van der Waals surface area contributed by atoms with Crippen LogP contribution in [0.15, 0.2) is 127 Å². The van der Waals surface area contributed by atoms with Gasteiger partial charge in [0, 0.05) is 33.6 Å². The monoisotopic (exact) mass is 528 g/mol. The third-order valence-electron chi connectivity index (χ3n) is 9.11. The number of rotatable bonds is 2. The van der Waals surface area contributed by atoms with Gasteiger partial charge in [-0.1, -0.05) is 103 Å². The molecule has 0 bridgehead atoms. The quantitative estimate of drug-likeness (QED) is 0.246. The summed E-state index contributed by atoms with van der Waals surface area (Å²) in [5.74, 6) is 0.215. The van der Waals surface area contributed by atoms with Crippen LogP contribution in [0.3, 0.4) is 0 Å². The summed E-state index contributed by atoms with van der Waals surface area (Å²) in [7, 11) is -1.50. The predicted molar refractivity (Wildman–Crippen MR) is 168 cm³/mol. The molecule has 0 fully saturated rings. The van der Waals surface area contributed by atoms with Gasteiger partial charge in [0.25, 0.3) is 0 Å². The van der Waals surface area contributed by atoms with Crippen LogP contribution in [0.5, 0.6) is 0 Å². The second kappa shape index (κ2) is 8.34. The number of aromatic nitrogens is 1. The third kappa shape index (κ3) is 3.02. The fourth-order valence-corrected chi connectivity index (χ4v) is 7.43. The zero-order valence-electron chi connectivity index (χ0n) is 22.1. The summed E-state index contributed by atoms with van der Waals surface area (Å²) in [4.78, 5) is 2.59. The van der Waals surface area contributed by atoms with E-state index in [2.05, 4.69) is 113 Å². The van der Waals surface area contributed by atoms with E-state index in [0.717, 1.165) is 11.2 Å². The molecule has 4 nitrogen and oxygen atoms in total. The average molecular weight is 528 g/mol. The van der Waals surface area contributed by atoms with Crippen LogP contribution in [0, 0.1) is 0 Å². The molecule has 5 aromatic carbocycles. The molecule has 6 aromatic rings. The minimum Gasteiger partial charge on any atom is -0.423 e. The molecule has 1 aliphatic carbocycles. The number of anilines is 2. The Balaban J connectivity index is 1.42. The van der Waals surface area contributed by atoms with Crippen LogP contribution in [0.1, 0.15) is 17.0 Å². The van der Waals surface area contributed by atoms with Crippen molar-refractivity contribution in [2.45, 2.75) is 12.0 Å². The van der Waals surface area contributed by atoms with Crippen LogP contribution < -0.4 is 10.4 Å². The predicted octanol–water partition coefficient (Wildman–Crippen LogP) is 6.70. The summed E-state index contributed by atoms with van der Waals surface area (Å²) in [5, 5.41) is 21.9. The lowest BCUT2D eigenvalue weighted by molar-refractivity contribution is 0.426. The highest BCUT2D eigenvalue weighted by atomic mass is 16.4. The molecule has 0 spiro atoms. The molecule has 3 aliphatic rings. The van der Waals surface area contributed by atoms with Crippen molar-refractivity contribution in [3.63, 3.8) is 0 Å². The summed E-state index contributed by atoms with van der Waals surface area (Å²) >= 11 is 0. The van der Waals surface area contributed by atoms with Crippen molar-refractivity contribution < 1.29 is 10.0 Å². The first-order valence-corrected chi connectivity index (χ1v) is 14.1. The Kier molecular flexibility index (Phi) is 4.66. The van der Waals surface area contributed by atoms with Gasteiger partial charge >= 0.3 is 7.12 Å². The van der Waals surface area contributed by atoms with E-state index in [0.29, 0.717) is 5.46 Å². The van der Waals surface area contributed by atoms with Crippen LogP contribution in [0.2, 0.25) is 0 Å². The average Bonchev–Trinajstić information content (AvgIpc) is 3.50. The number of para-hydroxylation sites is 2. The molecule has 0 saturated heterocycles. The Labute approximate surface area is 237 Å². The molecule has 2 atom stereocenters. The molecule has 2 N–H and O–H groups in total. The van der Waals surface area contributed by atoms with E-state index in [9.17, 15) is 10.0 Å². The van der Waals surface area contributed by atoms with E-state index in [1.54, 1.807) is 12.1 Å². The normalized spacial score (nSPS) is 18.0. The highest BCUT2D eigenvalue weighted by molar-refractivity contribution is 6.58. The van der Waals surface area contributed by atoms with Gasteiger partial charge in [-0.2, -0.15) is 0 Å². The molecule has 0 amide bonds. The fourth-order valence-electron chi connectivity index (χ4n) is 7.43. The summed E-state index contributed by atoms with van der Waals surface area (Å²) in [6.07, 6.45) is 6.89. The maximum Gasteiger partial charge on any atom is 0.488 e. The van der Waals surface area contributed by atoms with E-state index in [-0.39, 0.29) is 12.0 Å². The van der Waals surface area contributed by atoms with Crippen LogP contribution in [-0.4, -0.2) is 27.8 Å². The zero-order chi connectivity index (χ0) is 27.2. The minimum atomic E-state index is -1.50. The van der Waals surface area contributed by atoms with E-state index in [4.69, 9.17) is 0 Å². The molecule has 9 rings (SSSR count). The second-order valence-electron chi connectivity index (χ2n) is 11.1. The molecule has 2 unspecified atom stereocenters. The third-order valence-corrected chi connectivity index (χ3v) is 9.11. The zero-order valence-corrected chi connectivity index (χ0v) is 22.1. The number of hydrogen-bond donors (Lipinski definition) is 2. The van der Waals surface area contributed by atoms with E-state index < -0.39 is 7.12 Å². The topological polar surface area (TPSA) is 48.6 Å². The van der Waals surface area contributed by atoms with Crippen LogP contribution in [0.25, 0.3) is 44.2 Å². The van der Waals surface area contributed by atoms with Crippen LogP contribution in [-0.2, 0) is 0 Å². The van der Waals surface area contributed by atoms with Crippen LogP contribution in [0.4, 0.5) is 11.4 Å². The number of hydrogen-bond acceptors (Lipinski definition) is 3. The summed E-state index contributed by atoms with van der Waals surface area (Å²) < 4.78 is 2.35. The van der Waals surface area contributed by atoms with Gasteiger partial charge in [0.15, 0.2) is 0 Å². The Morgan fingerprint density at radius 3 is 2.22 bits per heavy atom. The van der Waals surface area contributed by atoms with Gasteiger partial charge in [-0.05, 0) is 52.0 Å². The van der Waals surface area contributed by atoms with Gasteiger partial charge in [0.1, 0.15) is 0 Å². The standard InChI is InChI=1S/C36H25BN2O2/c40-37(41)22-16-18-23(19-17-22)38-32-14-5-4-11-27(32)30-20-21-31-29-13-7-12-28-25-9-2-1-8-24(25)26-10-3-6-15-33(26)39(34(28)29)36(31)35(30)38/h1-21,29,34,40-41H. The van der Waals surface area contributed by atoms with Gasteiger partial charge < -0.3 is 19.5 Å². The molecule has 194 valence electrons. The molecule has 41 heavy (non-hydrogen) atoms. The van der Waals surface area contributed by atoms with Crippen molar-refractivity contribution in [1.82, 2.24) is 4.57 Å². The maximum atomic E-state index is 9.76. The van der Waals surface area contributed by atoms with Gasteiger partial charge in [0.2, 0.25) is 0 Å². The first-order valence-electron chi connectivity index (χ1n) is 14.1. The van der Waals surface area contributed by atoms with Gasteiger partial charge in [-0.15, -0.1) is 0 Å². The molecule has 0 saturated carbocycles. The fraction of sp³-hybridized carbons (Fsp3) is 0.0556. The molecule has 3 heterocycles. The van der Waals surface area contributed by atoms with Gasteiger partial charge in [-0.25, -0.2) is 0 Å². The van der Waals surface area contributed by atoms with Crippen LogP contribution >= 0.6 is 0 Å². The minimum absolute atomic E-state index is 0.142. The Morgan fingerprint density at radius 1 is 0.659 bits per heavy atom. The van der Waals surface area contributed by atoms with E-state index in [1.165, 1.54) is 55.5 Å². The molecular formula is C36H25BN2O2. The SMILES string of the molecule is OB(O)c1ccc(-n2c3ccccc3c3ccc4c(c32)N2c3ccccc3-c3ccccc3C3=CC=CC4C32)cc1. The smallest absolute Gasteiger partial charge is 0.423 e. The largest absolute Gasteiger partial charge is 0.488 e. The highest BCUT2D eigenvalue weighted by Gasteiger charge is 2.45. The van der Waals surface area contributed by atoms with Crippen molar-refractivity contribution in [3.8, 4) is 16.8 Å². The van der Waals surface area contributed by atoms with Crippen molar-refractivity contribution >= 4 is 51.3 Å².